The number of benzene rings is 2. The number of ether oxygens (including phenoxy) is 2. The largest absolute Gasteiger partial charge is 0.497 e. The van der Waals surface area contributed by atoms with Gasteiger partial charge in [0.2, 0.25) is 0 Å². The summed E-state index contributed by atoms with van der Waals surface area (Å²) in [6.45, 7) is 0. The fourth-order valence-corrected chi connectivity index (χ4v) is 2.42. The second kappa shape index (κ2) is 6.41. The molecule has 0 aliphatic rings. The van der Waals surface area contributed by atoms with E-state index in [9.17, 15) is 13.9 Å². The lowest BCUT2D eigenvalue weighted by Gasteiger charge is -2.17. The fraction of sp³-hybridized carbons (Fsp3) is 0.200. The molecular weight excluding hydrogens is 346 g/mol. The lowest BCUT2D eigenvalue weighted by molar-refractivity contribution is 0.203. The van der Waals surface area contributed by atoms with Gasteiger partial charge in [-0.1, -0.05) is 15.9 Å². The summed E-state index contributed by atoms with van der Waals surface area (Å²) >= 11 is 3.00. The minimum Gasteiger partial charge on any atom is -0.497 e. The molecule has 3 nitrogen and oxygen atoms in total. The van der Waals surface area contributed by atoms with Gasteiger partial charge >= 0.3 is 0 Å². The molecule has 0 bridgehead atoms. The van der Waals surface area contributed by atoms with Crippen molar-refractivity contribution in [1.29, 1.82) is 0 Å². The van der Waals surface area contributed by atoms with E-state index in [0.29, 0.717) is 5.75 Å². The Morgan fingerprint density at radius 1 is 1.05 bits per heavy atom. The van der Waals surface area contributed by atoms with Crippen LogP contribution in [0.2, 0.25) is 0 Å². The van der Waals surface area contributed by atoms with Gasteiger partial charge < -0.3 is 14.6 Å². The zero-order valence-electron chi connectivity index (χ0n) is 11.4. The Bertz CT molecular complexity index is 638. The molecule has 2 aromatic carbocycles. The van der Waals surface area contributed by atoms with Gasteiger partial charge in [-0.3, -0.25) is 0 Å². The number of aliphatic hydroxyl groups excluding tert-OH is 1. The van der Waals surface area contributed by atoms with Gasteiger partial charge in [-0.25, -0.2) is 8.78 Å². The van der Waals surface area contributed by atoms with E-state index in [2.05, 4.69) is 15.9 Å². The summed E-state index contributed by atoms with van der Waals surface area (Å²) in [6, 6.07) is 6.81. The molecule has 112 valence electrons. The van der Waals surface area contributed by atoms with Crippen LogP contribution in [0.5, 0.6) is 11.5 Å². The Hall–Kier alpha value is -1.66. The van der Waals surface area contributed by atoms with E-state index in [1.165, 1.54) is 26.4 Å². The van der Waals surface area contributed by atoms with Crippen LogP contribution in [0.4, 0.5) is 8.78 Å². The number of halogens is 3. The van der Waals surface area contributed by atoms with Crippen molar-refractivity contribution in [1.82, 2.24) is 0 Å². The van der Waals surface area contributed by atoms with E-state index in [1.54, 1.807) is 6.07 Å². The predicted molar refractivity (Wildman–Crippen MR) is 77.7 cm³/mol. The fourth-order valence-electron chi connectivity index (χ4n) is 2.01. The van der Waals surface area contributed by atoms with E-state index < -0.39 is 23.3 Å². The van der Waals surface area contributed by atoms with E-state index in [1.807, 2.05) is 0 Å². The molecule has 1 unspecified atom stereocenters. The Labute approximate surface area is 129 Å². The average Bonchev–Trinajstić information content (AvgIpc) is 2.45. The van der Waals surface area contributed by atoms with Crippen LogP contribution < -0.4 is 9.47 Å². The van der Waals surface area contributed by atoms with Crippen LogP contribution in [-0.4, -0.2) is 19.3 Å². The number of aliphatic hydroxyl groups is 1. The molecule has 0 aliphatic heterocycles. The monoisotopic (exact) mass is 358 g/mol. The minimum absolute atomic E-state index is 0.249. The first-order chi connectivity index (χ1) is 9.97. The smallest absolute Gasteiger partial charge is 0.133 e. The van der Waals surface area contributed by atoms with Gasteiger partial charge in [0.1, 0.15) is 29.2 Å². The summed E-state index contributed by atoms with van der Waals surface area (Å²) in [5.74, 6) is -0.886. The molecular formula is C15H13BrF2O3. The van der Waals surface area contributed by atoms with Crippen LogP contribution in [0.3, 0.4) is 0 Å². The zero-order valence-corrected chi connectivity index (χ0v) is 12.9. The standard InChI is InChI=1S/C15H13BrF2O3/c1-20-9-3-4-10(13(7-9)21-2)15(19)14-11(17)5-8(16)6-12(14)18/h3-7,15,19H,1-2H3. The summed E-state index contributed by atoms with van der Waals surface area (Å²) in [4.78, 5) is 0. The molecule has 0 radical (unpaired) electrons. The normalized spacial score (nSPS) is 12.1. The lowest BCUT2D eigenvalue weighted by atomic mass is 9.99. The van der Waals surface area contributed by atoms with Crippen molar-refractivity contribution in [2.24, 2.45) is 0 Å². The summed E-state index contributed by atoms with van der Waals surface area (Å²) < 4.78 is 38.3. The highest BCUT2D eigenvalue weighted by Crippen LogP contribution is 2.35. The molecule has 0 spiro atoms. The van der Waals surface area contributed by atoms with Crippen molar-refractivity contribution in [3.8, 4) is 11.5 Å². The van der Waals surface area contributed by atoms with Crippen molar-refractivity contribution < 1.29 is 23.4 Å². The van der Waals surface area contributed by atoms with Gasteiger partial charge in [0.05, 0.1) is 19.8 Å². The highest BCUT2D eigenvalue weighted by molar-refractivity contribution is 9.10. The number of hydrogen-bond acceptors (Lipinski definition) is 3. The number of rotatable bonds is 4. The van der Waals surface area contributed by atoms with Gasteiger partial charge in [0.15, 0.2) is 0 Å². The molecule has 2 rings (SSSR count). The zero-order chi connectivity index (χ0) is 15.6. The van der Waals surface area contributed by atoms with Crippen molar-refractivity contribution in [2.45, 2.75) is 6.10 Å². The second-order valence-electron chi connectivity index (χ2n) is 4.29. The third-order valence-corrected chi connectivity index (χ3v) is 3.51. The average molecular weight is 359 g/mol. The van der Waals surface area contributed by atoms with Gasteiger partial charge in [-0.15, -0.1) is 0 Å². The molecule has 0 heterocycles. The van der Waals surface area contributed by atoms with Crippen LogP contribution in [0.15, 0.2) is 34.8 Å². The van der Waals surface area contributed by atoms with Gasteiger partial charge in [0, 0.05) is 16.1 Å². The molecule has 1 N–H and O–H groups in total. The highest BCUT2D eigenvalue weighted by Gasteiger charge is 2.23. The van der Waals surface area contributed by atoms with E-state index in [4.69, 9.17) is 9.47 Å². The van der Waals surface area contributed by atoms with E-state index in [-0.39, 0.29) is 15.8 Å². The molecule has 6 heteroatoms. The summed E-state index contributed by atoms with van der Waals surface area (Å²) in [7, 11) is 2.89. The summed E-state index contributed by atoms with van der Waals surface area (Å²) in [5, 5.41) is 10.3. The third-order valence-electron chi connectivity index (χ3n) is 3.05. The van der Waals surface area contributed by atoms with Crippen LogP contribution in [0.1, 0.15) is 17.2 Å². The number of hydrogen-bond donors (Lipinski definition) is 1. The van der Waals surface area contributed by atoms with Crippen LogP contribution >= 0.6 is 15.9 Å². The Morgan fingerprint density at radius 2 is 1.67 bits per heavy atom. The van der Waals surface area contributed by atoms with Crippen molar-refractivity contribution in [3.05, 3.63) is 57.6 Å². The Balaban J connectivity index is 2.52. The first-order valence-corrected chi connectivity index (χ1v) is 6.81. The van der Waals surface area contributed by atoms with Crippen molar-refractivity contribution in [3.63, 3.8) is 0 Å². The van der Waals surface area contributed by atoms with Crippen LogP contribution in [-0.2, 0) is 0 Å². The molecule has 0 aromatic heterocycles. The maximum atomic E-state index is 13.9. The first kappa shape index (κ1) is 15.7. The molecule has 21 heavy (non-hydrogen) atoms. The topological polar surface area (TPSA) is 38.7 Å². The van der Waals surface area contributed by atoms with Crippen molar-refractivity contribution >= 4 is 15.9 Å². The van der Waals surface area contributed by atoms with Crippen LogP contribution in [0.25, 0.3) is 0 Å². The quantitative estimate of drug-likeness (QED) is 0.902. The van der Waals surface area contributed by atoms with E-state index in [0.717, 1.165) is 12.1 Å². The molecule has 0 saturated heterocycles. The Morgan fingerprint density at radius 3 is 2.19 bits per heavy atom. The third kappa shape index (κ3) is 3.16. The molecule has 0 fully saturated rings. The van der Waals surface area contributed by atoms with Gasteiger partial charge in [0.25, 0.3) is 0 Å². The van der Waals surface area contributed by atoms with E-state index >= 15 is 0 Å². The summed E-state index contributed by atoms with van der Waals surface area (Å²) in [5.41, 5.74) is -0.180. The molecule has 0 saturated carbocycles. The minimum atomic E-state index is -1.49. The lowest BCUT2D eigenvalue weighted by Crippen LogP contribution is -2.07. The summed E-state index contributed by atoms with van der Waals surface area (Å²) in [6.07, 6.45) is -1.49. The number of methoxy groups -OCH3 is 2. The SMILES string of the molecule is COc1ccc(C(O)c2c(F)cc(Br)cc2F)c(OC)c1. The van der Waals surface area contributed by atoms with Gasteiger partial charge in [-0.2, -0.15) is 0 Å². The highest BCUT2D eigenvalue weighted by atomic mass is 79.9. The first-order valence-electron chi connectivity index (χ1n) is 6.02. The van der Waals surface area contributed by atoms with Crippen LogP contribution in [0, 0.1) is 11.6 Å². The second-order valence-corrected chi connectivity index (χ2v) is 5.21. The predicted octanol–water partition coefficient (Wildman–Crippen LogP) is 3.83. The van der Waals surface area contributed by atoms with Crippen molar-refractivity contribution in [2.75, 3.05) is 14.2 Å². The molecule has 2 aromatic rings. The Kier molecular flexibility index (Phi) is 4.80. The van der Waals surface area contributed by atoms with Gasteiger partial charge in [-0.05, 0) is 24.3 Å². The molecule has 0 aliphatic carbocycles. The maximum Gasteiger partial charge on any atom is 0.133 e. The maximum absolute atomic E-state index is 13.9. The molecule has 0 amide bonds. The molecule has 1 atom stereocenters.